The maximum atomic E-state index is 4.70. The van der Waals surface area contributed by atoms with E-state index in [1.54, 1.807) is 6.20 Å². The van der Waals surface area contributed by atoms with E-state index in [9.17, 15) is 0 Å². The molecule has 0 aliphatic heterocycles. The molecule has 0 amide bonds. The summed E-state index contributed by atoms with van der Waals surface area (Å²) in [6.07, 6.45) is 11.2. The number of pyridine rings is 1. The first kappa shape index (κ1) is 18.2. The fourth-order valence-corrected chi connectivity index (χ4v) is 3.88. The summed E-state index contributed by atoms with van der Waals surface area (Å²) in [6.45, 7) is 2.10. The SMILES string of the molecule is Cc1cc(CCc2nccn3c(-c4ccccc4)cnc23)cnc1-c1ccnn1C. The average Bonchev–Trinajstić information content (AvgIpc) is 3.39. The van der Waals surface area contributed by atoms with Gasteiger partial charge >= 0.3 is 0 Å². The molecule has 0 fully saturated rings. The molecule has 0 aliphatic rings. The van der Waals surface area contributed by atoms with Crippen LogP contribution in [-0.4, -0.2) is 29.1 Å². The third-order valence-electron chi connectivity index (χ3n) is 5.42. The molecule has 0 aliphatic carbocycles. The molecule has 5 aromatic rings. The Morgan fingerprint density at radius 3 is 2.50 bits per heavy atom. The number of aryl methyl sites for hydroxylation is 4. The van der Waals surface area contributed by atoms with E-state index in [0.29, 0.717) is 0 Å². The molecule has 0 atom stereocenters. The number of fused-ring (bicyclic) bond motifs is 1. The van der Waals surface area contributed by atoms with Crippen molar-refractivity contribution in [3.63, 3.8) is 0 Å². The van der Waals surface area contributed by atoms with Crippen molar-refractivity contribution in [2.45, 2.75) is 19.8 Å². The van der Waals surface area contributed by atoms with Crippen LogP contribution < -0.4 is 0 Å². The molecule has 1 aromatic carbocycles. The molecule has 4 heterocycles. The molecule has 0 N–H and O–H groups in total. The predicted molar refractivity (Wildman–Crippen MR) is 117 cm³/mol. The van der Waals surface area contributed by atoms with Gasteiger partial charge in [0.05, 0.1) is 29.0 Å². The number of aromatic nitrogens is 6. The number of hydrogen-bond acceptors (Lipinski definition) is 4. The minimum atomic E-state index is 0.807. The molecule has 6 nitrogen and oxygen atoms in total. The maximum Gasteiger partial charge on any atom is 0.159 e. The molecule has 6 heteroatoms. The lowest BCUT2D eigenvalue weighted by Gasteiger charge is -2.09. The molecule has 0 saturated carbocycles. The lowest BCUT2D eigenvalue weighted by Crippen LogP contribution is -2.02. The normalized spacial score (nSPS) is 11.3. The fraction of sp³-hybridized carbons (Fsp3) is 0.167. The first-order chi connectivity index (χ1) is 14.7. The summed E-state index contributed by atoms with van der Waals surface area (Å²) in [5, 5.41) is 4.24. The summed E-state index contributed by atoms with van der Waals surface area (Å²) >= 11 is 0. The Hall–Kier alpha value is -3.80. The van der Waals surface area contributed by atoms with Gasteiger partial charge in [-0.25, -0.2) is 4.98 Å². The van der Waals surface area contributed by atoms with E-state index >= 15 is 0 Å². The summed E-state index contributed by atoms with van der Waals surface area (Å²) in [6, 6.07) is 14.5. The van der Waals surface area contributed by atoms with Crippen LogP contribution in [0.2, 0.25) is 0 Å². The molecule has 0 radical (unpaired) electrons. The Bertz CT molecular complexity index is 1320. The fourth-order valence-electron chi connectivity index (χ4n) is 3.88. The standard InChI is InChI=1S/C24H22N6/c1-17-14-18(15-26-23(17)21-10-11-28-29(21)2)8-9-20-24-27-16-22(30(24)13-12-25-20)19-6-4-3-5-7-19/h3-7,10-16H,8-9H2,1-2H3. The summed E-state index contributed by atoms with van der Waals surface area (Å²) in [5.74, 6) is 0. The van der Waals surface area contributed by atoms with Crippen LogP contribution in [0.1, 0.15) is 16.8 Å². The predicted octanol–water partition coefficient (Wildman–Crippen LogP) is 4.29. The summed E-state index contributed by atoms with van der Waals surface area (Å²) in [4.78, 5) is 14.0. The van der Waals surface area contributed by atoms with Crippen LogP contribution in [0.15, 0.2) is 73.4 Å². The first-order valence-electron chi connectivity index (χ1n) is 10.0. The van der Waals surface area contributed by atoms with Crippen LogP contribution in [0.25, 0.3) is 28.3 Å². The van der Waals surface area contributed by atoms with Gasteiger partial charge in [0, 0.05) is 37.4 Å². The van der Waals surface area contributed by atoms with Gasteiger partial charge in [-0.15, -0.1) is 0 Å². The summed E-state index contributed by atoms with van der Waals surface area (Å²) in [7, 11) is 1.94. The Balaban J connectivity index is 1.40. The zero-order valence-corrected chi connectivity index (χ0v) is 17.0. The highest BCUT2D eigenvalue weighted by atomic mass is 15.3. The van der Waals surface area contributed by atoms with Gasteiger partial charge in [0.2, 0.25) is 0 Å². The van der Waals surface area contributed by atoms with Gasteiger partial charge in [0.15, 0.2) is 5.65 Å². The molecular formula is C24H22N6. The van der Waals surface area contributed by atoms with Crippen LogP contribution in [0, 0.1) is 6.92 Å². The van der Waals surface area contributed by atoms with Crippen molar-refractivity contribution in [1.29, 1.82) is 0 Å². The highest BCUT2D eigenvalue weighted by molar-refractivity contribution is 5.64. The van der Waals surface area contributed by atoms with E-state index < -0.39 is 0 Å². The monoisotopic (exact) mass is 394 g/mol. The molecule has 5 rings (SSSR count). The van der Waals surface area contributed by atoms with Crippen LogP contribution in [0.3, 0.4) is 0 Å². The molecule has 0 saturated heterocycles. The number of benzene rings is 1. The van der Waals surface area contributed by atoms with Gasteiger partial charge in [0.25, 0.3) is 0 Å². The first-order valence-corrected chi connectivity index (χ1v) is 10.0. The van der Waals surface area contributed by atoms with Crippen LogP contribution in [-0.2, 0) is 19.9 Å². The third-order valence-corrected chi connectivity index (χ3v) is 5.42. The molecule has 0 unspecified atom stereocenters. The van der Waals surface area contributed by atoms with E-state index in [2.05, 4.69) is 44.6 Å². The molecule has 4 aromatic heterocycles. The molecule has 148 valence electrons. The number of hydrogen-bond donors (Lipinski definition) is 0. The van der Waals surface area contributed by atoms with Crippen molar-refractivity contribution >= 4 is 5.65 Å². The second-order valence-electron chi connectivity index (χ2n) is 7.43. The number of nitrogens with zero attached hydrogens (tertiary/aromatic N) is 6. The van der Waals surface area contributed by atoms with E-state index in [1.807, 2.05) is 60.8 Å². The van der Waals surface area contributed by atoms with Crippen LogP contribution >= 0.6 is 0 Å². The Morgan fingerprint density at radius 2 is 1.73 bits per heavy atom. The van der Waals surface area contributed by atoms with E-state index in [1.165, 1.54) is 5.56 Å². The van der Waals surface area contributed by atoms with Gasteiger partial charge in [-0.05, 0) is 37.0 Å². The van der Waals surface area contributed by atoms with Gasteiger partial charge in [0.1, 0.15) is 0 Å². The second-order valence-corrected chi connectivity index (χ2v) is 7.43. The average molecular weight is 394 g/mol. The molecule has 0 spiro atoms. The smallest absolute Gasteiger partial charge is 0.159 e. The minimum absolute atomic E-state index is 0.807. The van der Waals surface area contributed by atoms with E-state index in [0.717, 1.165) is 52.4 Å². The summed E-state index contributed by atoms with van der Waals surface area (Å²) in [5.41, 5.74) is 8.46. The number of rotatable bonds is 5. The third kappa shape index (κ3) is 3.26. The van der Waals surface area contributed by atoms with Crippen molar-refractivity contribution in [2.24, 2.45) is 7.05 Å². The highest BCUT2D eigenvalue weighted by Gasteiger charge is 2.12. The van der Waals surface area contributed by atoms with Crippen molar-refractivity contribution in [1.82, 2.24) is 29.1 Å². The minimum Gasteiger partial charge on any atom is -0.297 e. The second kappa shape index (κ2) is 7.55. The topological polar surface area (TPSA) is 60.9 Å². The van der Waals surface area contributed by atoms with Crippen LogP contribution in [0.5, 0.6) is 0 Å². The maximum absolute atomic E-state index is 4.70. The Labute approximate surface area is 174 Å². The van der Waals surface area contributed by atoms with E-state index in [4.69, 9.17) is 4.98 Å². The Morgan fingerprint density at radius 1 is 0.867 bits per heavy atom. The molecular weight excluding hydrogens is 372 g/mol. The van der Waals surface area contributed by atoms with Gasteiger partial charge in [-0.1, -0.05) is 36.4 Å². The largest absolute Gasteiger partial charge is 0.297 e. The van der Waals surface area contributed by atoms with Crippen LogP contribution in [0.4, 0.5) is 0 Å². The van der Waals surface area contributed by atoms with Crippen molar-refractivity contribution in [3.05, 3.63) is 90.3 Å². The van der Waals surface area contributed by atoms with Crippen molar-refractivity contribution in [3.8, 4) is 22.6 Å². The van der Waals surface area contributed by atoms with Gasteiger partial charge in [-0.2, -0.15) is 5.10 Å². The van der Waals surface area contributed by atoms with Crippen molar-refractivity contribution < 1.29 is 0 Å². The zero-order valence-electron chi connectivity index (χ0n) is 17.0. The quantitative estimate of drug-likeness (QED) is 0.446. The zero-order chi connectivity index (χ0) is 20.5. The van der Waals surface area contributed by atoms with Gasteiger partial charge in [-0.3, -0.25) is 19.1 Å². The molecule has 0 bridgehead atoms. The highest BCUT2D eigenvalue weighted by Crippen LogP contribution is 2.23. The lowest BCUT2D eigenvalue weighted by molar-refractivity contribution is 0.772. The Kier molecular flexibility index (Phi) is 4.59. The number of imidazole rings is 1. The van der Waals surface area contributed by atoms with E-state index in [-0.39, 0.29) is 0 Å². The van der Waals surface area contributed by atoms with Gasteiger partial charge < -0.3 is 0 Å². The molecule has 30 heavy (non-hydrogen) atoms. The van der Waals surface area contributed by atoms with Crippen molar-refractivity contribution in [2.75, 3.05) is 0 Å². The lowest BCUT2D eigenvalue weighted by atomic mass is 10.1. The summed E-state index contributed by atoms with van der Waals surface area (Å²) < 4.78 is 3.97.